The number of hydrogen-bond acceptors (Lipinski definition) is 2. The van der Waals surface area contributed by atoms with E-state index in [1.165, 1.54) is 6.42 Å². The fourth-order valence-corrected chi connectivity index (χ4v) is 3.06. The summed E-state index contributed by atoms with van der Waals surface area (Å²) in [5, 5.41) is 0. The van der Waals surface area contributed by atoms with Gasteiger partial charge in [0.25, 0.3) is 0 Å². The Morgan fingerprint density at radius 2 is 1.95 bits per heavy atom. The number of carbonyl (C=O) groups is 1. The van der Waals surface area contributed by atoms with Gasteiger partial charge in [0, 0.05) is 11.5 Å². The monoisotopic (exact) mass is 284 g/mol. The zero-order valence-corrected chi connectivity index (χ0v) is 13.1. The summed E-state index contributed by atoms with van der Waals surface area (Å²) in [6.45, 7) is 6.64. The van der Waals surface area contributed by atoms with Crippen molar-refractivity contribution in [1.82, 2.24) is 0 Å². The van der Waals surface area contributed by atoms with Crippen molar-refractivity contribution in [2.75, 3.05) is 0 Å². The number of ether oxygens (including phenoxy) is 1. The van der Waals surface area contributed by atoms with Crippen LogP contribution >= 0.6 is 0 Å². The topological polar surface area (TPSA) is 26.3 Å². The van der Waals surface area contributed by atoms with Gasteiger partial charge in [0.2, 0.25) is 0 Å². The van der Waals surface area contributed by atoms with E-state index in [1.54, 1.807) is 0 Å². The molecular formula is C19H24O2. The Balaban J connectivity index is 1.99. The van der Waals surface area contributed by atoms with E-state index in [0.717, 1.165) is 18.4 Å². The first-order valence-electron chi connectivity index (χ1n) is 7.84. The first-order chi connectivity index (χ1) is 10.1. The summed E-state index contributed by atoms with van der Waals surface area (Å²) in [7, 11) is 0. The number of rotatable bonds is 2. The molecular weight excluding hydrogens is 260 g/mol. The molecule has 1 aromatic rings. The Morgan fingerprint density at radius 1 is 1.24 bits per heavy atom. The van der Waals surface area contributed by atoms with Crippen molar-refractivity contribution in [2.24, 2.45) is 17.8 Å². The summed E-state index contributed by atoms with van der Waals surface area (Å²) in [6.07, 6.45) is 3.35. The number of benzene rings is 1. The molecule has 2 rings (SSSR count). The third-order valence-electron chi connectivity index (χ3n) is 4.30. The van der Waals surface area contributed by atoms with Crippen LogP contribution in [-0.4, -0.2) is 12.1 Å². The molecule has 2 nitrogen and oxygen atoms in total. The molecule has 1 aliphatic rings. The molecule has 0 aliphatic heterocycles. The number of esters is 1. The van der Waals surface area contributed by atoms with Crippen LogP contribution in [-0.2, 0) is 9.53 Å². The molecule has 0 bridgehead atoms. The van der Waals surface area contributed by atoms with Gasteiger partial charge in [-0.3, -0.25) is 0 Å². The largest absolute Gasteiger partial charge is 0.452 e. The van der Waals surface area contributed by atoms with Gasteiger partial charge in [-0.1, -0.05) is 51.3 Å². The highest BCUT2D eigenvalue weighted by Crippen LogP contribution is 2.35. The van der Waals surface area contributed by atoms with Gasteiger partial charge in [-0.25, -0.2) is 4.79 Å². The van der Waals surface area contributed by atoms with E-state index < -0.39 is 5.97 Å². The second-order valence-corrected chi connectivity index (χ2v) is 6.39. The van der Waals surface area contributed by atoms with Gasteiger partial charge in [0.15, 0.2) is 0 Å². The second kappa shape index (κ2) is 7.31. The van der Waals surface area contributed by atoms with Crippen molar-refractivity contribution in [1.29, 1.82) is 0 Å². The minimum Gasteiger partial charge on any atom is -0.452 e. The summed E-state index contributed by atoms with van der Waals surface area (Å²) in [4.78, 5) is 12.0. The maximum atomic E-state index is 12.0. The van der Waals surface area contributed by atoms with E-state index in [9.17, 15) is 4.79 Å². The predicted octanol–water partition coefficient (Wildman–Crippen LogP) is 4.04. The first kappa shape index (κ1) is 15.6. The van der Waals surface area contributed by atoms with Gasteiger partial charge >= 0.3 is 5.97 Å². The SMILES string of the molecule is CC1CCC(C(C)C)C(OC(=O)C#Cc2ccccc2)C1. The molecule has 1 aliphatic carbocycles. The summed E-state index contributed by atoms with van der Waals surface area (Å²) in [5.41, 5.74) is 0.840. The van der Waals surface area contributed by atoms with Crippen LogP contribution in [0.25, 0.3) is 0 Å². The molecule has 1 fully saturated rings. The second-order valence-electron chi connectivity index (χ2n) is 6.39. The molecule has 112 valence electrons. The van der Waals surface area contributed by atoms with Crippen molar-refractivity contribution >= 4 is 5.97 Å². The molecule has 0 N–H and O–H groups in total. The lowest BCUT2D eigenvalue weighted by molar-refractivity contribution is -0.148. The quantitative estimate of drug-likeness (QED) is 0.605. The van der Waals surface area contributed by atoms with E-state index in [1.807, 2.05) is 30.3 Å². The molecule has 0 amide bonds. The van der Waals surface area contributed by atoms with Crippen molar-refractivity contribution < 1.29 is 9.53 Å². The van der Waals surface area contributed by atoms with Crippen LogP contribution in [0.5, 0.6) is 0 Å². The smallest absolute Gasteiger partial charge is 0.384 e. The normalized spacial score (nSPS) is 25.0. The van der Waals surface area contributed by atoms with Crippen molar-refractivity contribution in [3.8, 4) is 11.8 Å². The van der Waals surface area contributed by atoms with Crippen LogP contribution in [0.3, 0.4) is 0 Å². The summed E-state index contributed by atoms with van der Waals surface area (Å²) >= 11 is 0. The summed E-state index contributed by atoms with van der Waals surface area (Å²) < 4.78 is 5.64. The fourth-order valence-electron chi connectivity index (χ4n) is 3.06. The van der Waals surface area contributed by atoms with Gasteiger partial charge < -0.3 is 4.74 Å². The van der Waals surface area contributed by atoms with Crippen LogP contribution in [0.15, 0.2) is 30.3 Å². The lowest BCUT2D eigenvalue weighted by Gasteiger charge is -2.36. The Hall–Kier alpha value is -1.75. The highest BCUT2D eigenvalue weighted by atomic mass is 16.5. The van der Waals surface area contributed by atoms with Crippen LogP contribution in [0.1, 0.15) is 45.6 Å². The standard InChI is InChI=1S/C19H24O2/c1-14(2)17-11-9-15(3)13-18(17)21-19(20)12-10-16-7-5-4-6-8-16/h4-8,14-15,17-18H,9,11,13H2,1-3H3. The molecule has 0 aromatic heterocycles. The Morgan fingerprint density at radius 3 is 2.62 bits per heavy atom. The summed E-state index contributed by atoms with van der Waals surface area (Å²) in [5.74, 6) is 6.70. The molecule has 3 atom stereocenters. The fraction of sp³-hybridized carbons (Fsp3) is 0.526. The maximum Gasteiger partial charge on any atom is 0.384 e. The lowest BCUT2D eigenvalue weighted by atomic mass is 9.75. The Labute approximate surface area is 127 Å². The zero-order valence-electron chi connectivity index (χ0n) is 13.1. The molecule has 0 radical (unpaired) electrons. The minimum atomic E-state index is -0.399. The average molecular weight is 284 g/mol. The van der Waals surface area contributed by atoms with Gasteiger partial charge in [-0.15, -0.1) is 0 Å². The van der Waals surface area contributed by atoms with Crippen LogP contribution < -0.4 is 0 Å². The average Bonchev–Trinajstić information content (AvgIpc) is 2.46. The van der Waals surface area contributed by atoms with Crippen molar-refractivity contribution in [3.63, 3.8) is 0 Å². The van der Waals surface area contributed by atoms with Crippen molar-refractivity contribution in [2.45, 2.75) is 46.1 Å². The molecule has 1 saturated carbocycles. The molecule has 0 spiro atoms. The molecule has 21 heavy (non-hydrogen) atoms. The zero-order chi connectivity index (χ0) is 15.2. The van der Waals surface area contributed by atoms with Crippen molar-refractivity contribution in [3.05, 3.63) is 35.9 Å². The third kappa shape index (κ3) is 4.63. The first-order valence-corrected chi connectivity index (χ1v) is 7.84. The van der Waals surface area contributed by atoms with Gasteiger partial charge in [0.05, 0.1) is 0 Å². The molecule has 1 aromatic carbocycles. The maximum absolute atomic E-state index is 12.0. The highest BCUT2D eigenvalue weighted by Gasteiger charge is 2.33. The van der Waals surface area contributed by atoms with Gasteiger partial charge in [0.1, 0.15) is 6.10 Å². The minimum absolute atomic E-state index is 0.0197. The molecule has 0 saturated heterocycles. The molecule has 0 heterocycles. The van der Waals surface area contributed by atoms with E-state index in [0.29, 0.717) is 17.8 Å². The molecule has 2 heteroatoms. The third-order valence-corrected chi connectivity index (χ3v) is 4.30. The van der Waals surface area contributed by atoms with Crippen LogP contribution in [0.2, 0.25) is 0 Å². The van der Waals surface area contributed by atoms with Crippen LogP contribution in [0, 0.1) is 29.6 Å². The highest BCUT2D eigenvalue weighted by molar-refractivity contribution is 5.89. The molecule has 3 unspecified atom stereocenters. The van der Waals surface area contributed by atoms with Gasteiger partial charge in [-0.05, 0) is 42.7 Å². The predicted molar refractivity (Wildman–Crippen MR) is 84.5 cm³/mol. The van der Waals surface area contributed by atoms with E-state index in [-0.39, 0.29) is 6.10 Å². The Kier molecular flexibility index (Phi) is 5.44. The Bertz CT molecular complexity index is 521. The van der Waals surface area contributed by atoms with E-state index >= 15 is 0 Å². The van der Waals surface area contributed by atoms with E-state index in [2.05, 4.69) is 32.6 Å². The number of carbonyl (C=O) groups excluding carboxylic acids is 1. The van der Waals surface area contributed by atoms with E-state index in [4.69, 9.17) is 4.74 Å². The van der Waals surface area contributed by atoms with Crippen LogP contribution in [0.4, 0.5) is 0 Å². The summed E-state index contributed by atoms with van der Waals surface area (Å²) in [6, 6.07) is 9.53. The van der Waals surface area contributed by atoms with Gasteiger partial charge in [-0.2, -0.15) is 0 Å². The number of hydrogen-bond donors (Lipinski definition) is 0. The lowest BCUT2D eigenvalue weighted by Crippen LogP contribution is -2.35.